The molecule has 0 aliphatic carbocycles. The van der Waals surface area contributed by atoms with Crippen molar-refractivity contribution in [3.8, 4) is 0 Å². The Bertz CT molecular complexity index is 226. The van der Waals surface area contributed by atoms with Crippen LogP contribution in [0.2, 0.25) is 0 Å². The molecule has 0 unspecified atom stereocenters. The van der Waals surface area contributed by atoms with Gasteiger partial charge in [0.15, 0.2) is 0 Å². The maximum absolute atomic E-state index is 10.4. The number of pyridine rings is 1. The minimum Gasteiger partial charge on any atom is -0.329 e. The van der Waals surface area contributed by atoms with E-state index in [0.29, 0.717) is 0 Å². The fourth-order valence-electron chi connectivity index (χ4n) is 0.489. The molecule has 2 nitrogen and oxygen atoms in total. The first-order chi connectivity index (χ1) is 3.79. The molecular weight excluding hydrogens is 102 g/mol. The van der Waals surface area contributed by atoms with Gasteiger partial charge >= 0.3 is 0 Å². The van der Waals surface area contributed by atoms with Crippen molar-refractivity contribution in [3.05, 3.63) is 41.2 Å². The van der Waals surface area contributed by atoms with Crippen LogP contribution >= 0.6 is 0 Å². The van der Waals surface area contributed by atoms with Crippen molar-refractivity contribution in [2.75, 3.05) is 0 Å². The number of aromatic nitrogens is 1. The van der Waals surface area contributed by atoms with Crippen molar-refractivity contribution in [3.63, 3.8) is 0 Å². The third kappa shape index (κ3) is 0.964. The fraction of sp³-hybridized carbons (Fsp3) is 0. The summed E-state index contributed by atoms with van der Waals surface area (Å²) >= 11 is 0. The van der Waals surface area contributed by atoms with Crippen LogP contribution in [0.25, 0.3) is 0 Å². The van der Waals surface area contributed by atoms with Gasteiger partial charge in [-0.2, -0.15) is 0 Å². The van der Waals surface area contributed by atoms with E-state index in [1.54, 1.807) is 12.3 Å². The molecule has 2 heteroatoms. The van der Waals surface area contributed by atoms with Crippen LogP contribution in [-0.2, 0) is 0 Å². The van der Waals surface area contributed by atoms with Crippen molar-refractivity contribution in [2.24, 2.45) is 0 Å². The second-order valence-electron chi connectivity index (χ2n) is 1.56. The summed E-state index contributed by atoms with van der Waals surface area (Å²) < 4.78 is 0. The summed E-state index contributed by atoms with van der Waals surface area (Å²) in [5, 5.41) is 0. The monoisotopic (exact) mass is 108 g/mol. The summed E-state index contributed by atoms with van der Waals surface area (Å²) in [6, 6.07) is 3.18. The van der Waals surface area contributed by atoms with Crippen molar-refractivity contribution in [1.29, 1.82) is 0 Å². The topological polar surface area (TPSA) is 32.9 Å². The first-order valence-electron chi connectivity index (χ1n) is 2.30. The van der Waals surface area contributed by atoms with E-state index in [1.807, 2.05) is 0 Å². The normalized spacial score (nSPS) is 9.12. The number of aromatic amines is 1. The van der Waals surface area contributed by atoms with Crippen molar-refractivity contribution < 1.29 is 0 Å². The molecule has 0 spiro atoms. The Kier molecular flexibility index (Phi) is 1.16. The molecule has 1 aromatic heterocycles. The average molecular weight is 108 g/mol. The highest BCUT2D eigenvalue weighted by Gasteiger charge is 1.80. The Morgan fingerprint density at radius 3 is 2.75 bits per heavy atom. The lowest BCUT2D eigenvalue weighted by atomic mass is 10.3. The Balaban J connectivity index is 3.28. The Morgan fingerprint density at radius 1 is 1.62 bits per heavy atom. The van der Waals surface area contributed by atoms with Crippen LogP contribution in [-0.4, -0.2) is 4.98 Å². The third-order valence-corrected chi connectivity index (χ3v) is 0.839. The number of rotatable bonds is 0. The molecule has 0 atom stereocenters. The van der Waals surface area contributed by atoms with Gasteiger partial charge in [0.1, 0.15) is 0 Å². The highest BCUT2D eigenvalue weighted by atomic mass is 16.1. The van der Waals surface area contributed by atoms with Crippen LogP contribution in [0.1, 0.15) is 5.56 Å². The smallest absolute Gasteiger partial charge is 0.248 e. The first kappa shape index (κ1) is 5.09. The highest BCUT2D eigenvalue weighted by Crippen LogP contribution is 1.84. The molecule has 1 aromatic rings. The summed E-state index contributed by atoms with van der Waals surface area (Å²) in [5.41, 5.74) is 0.645. The van der Waals surface area contributed by atoms with Crippen LogP contribution in [0.4, 0.5) is 0 Å². The largest absolute Gasteiger partial charge is 0.329 e. The fourth-order valence-corrected chi connectivity index (χ4v) is 0.489. The van der Waals surface area contributed by atoms with Crippen LogP contribution < -0.4 is 5.56 Å². The highest BCUT2D eigenvalue weighted by molar-refractivity contribution is 5.12. The van der Waals surface area contributed by atoms with E-state index >= 15 is 0 Å². The van der Waals surface area contributed by atoms with E-state index in [1.165, 1.54) is 6.07 Å². The van der Waals surface area contributed by atoms with E-state index in [-0.39, 0.29) is 5.56 Å². The van der Waals surface area contributed by atoms with Crippen molar-refractivity contribution >= 4 is 0 Å². The molecule has 0 fully saturated rings. The molecule has 0 saturated heterocycles. The van der Waals surface area contributed by atoms with Crippen molar-refractivity contribution in [1.82, 2.24) is 4.98 Å². The summed E-state index contributed by atoms with van der Waals surface area (Å²) in [6.45, 7) is 3.56. The number of hydrogen-bond acceptors (Lipinski definition) is 1. The van der Waals surface area contributed by atoms with Crippen LogP contribution in [0.15, 0.2) is 23.1 Å². The predicted molar refractivity (Wildman–Crippen MR) is 31.5 cm³/mol. The van der Waals surface area contributed by atoms with Crippen LogP contribution in [0.3, 0.4) is 0 Å². The molecule has 0 bridgehead atoms. The summed E-state index contributed by atoms with van der Waals surface area (Å²) in [5.74, 6) is 0. The van der Waals surface area contributed by atoms with Gasteiger partial charge in [0.2, 0.25) is 5.56 Å². The van der Waals surface area contributed by atoms with Crippen LogP contribution in [0, 0.1) is 6.92 Å². The summed E-state index contributed by atoms with van der Waals surface area (Å²) in [4.78, 5) is 12.9. The minimum absolute atomic E-state index is 0.0995. The molecule has 0 aromatic carbocycles. The van der Waals surface area contributed by atoms with Gasteiger partial charge in [0.25, 0.3) is 0 Å². The molecule has 1 heterocycles. The molecule has 1 radical (unpaired) electrons. The molecule has 1 rings (SSSR count). The molecule has 0 aliphatic rings. The number of hydrogen-bond donors (Lipinski definition) is 1. The lowest BCUT2D eigenvalue weighted by Crippen LogP contribution is -2.01. The van der Waals surface area contributed by atoms with E-state index in [9.17, 15) is 4.79 Å². The minimum atomic E-state index is -0.0995. The summed E-state index contributed by atoms with van der Waals surface area (Å²) in [6.07, 6.45) is 1.57. The quantitative estimate of drug-likeness (QED) is 0.517. The number of nitrogens with one attached hydrogen (secondary N) is 1. The zero-order chi connectivity index (χ0) is 5.98. The predicted octanol–water partition coefficient (Wildman–Crippen LogP) is 0.557. The van der Waals surface area contributed by atoms with Gasteiger partial charge in [-0.1, -0.05) is 0 Å². The number of H-pyrrole nitrogens is 1. The lowest BCUT2D eigenvalue weighted by Gasteiger charge is -1.83. The van der Waals surface area contributed by atoms with E-state index in [4.69, 9.17) is 0 Å². The van der Waals surface area contributed by atoms with E-state index < -0.39 is 0 Å². The molecule has 0 aliphatic heterocycles. The first-order valence-corrected chi connectivity index (χ1v) is 2.30. The maximum Gasteiger partial charge on any atom is 0.248 e. The Labute approximate surface area is 47.2 Å². The Morgan fingerprint density at radius 2 is 2.38 bits per heavy atom. The maximum atomic E-state index is 10.4. The van der Waals surface area contributed by atoms with Gasteiger partial charge in [-0.3, -0.25) is 4.79 Å². The van der Waals surface area contributed by atoms with Gasteiger partial charge in [0.05, 0.1) is 0 Å². The van der Waals surface area contributed by atoms with Crippen LogP contribution in [0.5, 0.6) is 0 Å². The molecular formula is C6H6NO. The zero-order valence-corrected chi connectivity index (χ0v) is 4.35. The molecule has 0 saturated carbocycles. The second-order valence-corrected chi connectivity index (χ2v) is 1.56. The standard InChI is InChI=1S/C6H6NO/c1-5-2-3-7-6(8)4-5/h2-4H,1H2,(H,7,8). The second kappa shape index (κ2) is 1.82. The molecule has 0 amide bonds. The average Bonchev–Trinajstić information content (AvgIpc) is 1.64. The Hall–Kier alpha value is -1.05. The summed E-state index contributed by atoms with van der Waals surface area (Å²) in [7, 11) is 0. The van der Waals surface area contributed by atoms with Gasteiger partial charge < -0.3 is 4.98 Å². The van der Waals surface area contributed by atoms with Gasteiger partial charge in [0, 0.05) is 12.3 Å². The SMILES string of the molecule is [CH2]c1cc[nH]c(=O)c1. The third-order valence-electron chi connectivity index (χ3n) is 0.839. The van der Waals surface area contributed by atoms with E-state index in [2.05, 4.69) is 11.9 Å². The molecule has 8 heavy (non-hydrogen) atoms. The molecule has 41 valence electrons. The van der Waals surface area contributed by atoms with Gasteiger partial charge in [-0.25, -0.2) is 0 Å². The van der Waals surface area contributed by atoms with E-state index in [0.717, 1.165) is 5.56 Å². The lowest BCUT2D eigenvalue weighted by molar-refractivity contribution is 1.23. The molecule has 1 N–H and O–H groups in total. The van der Waals surface area contributed by atoms with Gasteiger partial charge in [-0.15, -0.1) is 0 Å². The van der Waals surface area contributed by atoms with Crippen molar-refractivity contribution in [2.45, 2.75) is 0 Å². The zero-order valence-electron chi connectivity index (χ0n) is 4.35. The van der Waals surface area contributed by atoms with Gasteiger partial charge in [-0.05, 0) is 18.6 Å².